The van der Waals surface area contributed by atoms with E-state index in [0.717, 1.165) is 24.1 Å². The SMILES string of the molecule is C/C=C1\C2C=C(C)C[C@]1([NH-])c1ccc(OC)nc1C2. The lowest BCUT2D eigenvalue weighted by Gasteiger charge is -2.52. The molecule has 3 nitrogen and oxygen atoms in total. The largest absolute Gasteiger partial charge is 0.664 e. The number of hydrogen-bond donors (Lipinski definition) is 0. The number of nitrogens with one attached hydrogen (secondary N) is 1. The smallest absolute Gasteiger partial charge is 0.213 e. The summed E-state index contributed by atoms with van der Waals surface area (Å²) in [6.45, 7) is 4.17. The van der Waals surface area contributed by atoms with E-state index in [-0.39, 0.29) is 0 Å². The van der Waals surface area contributed by atoms with E-state index in [0.29, 0.717) is 11.8 Å². The third kappa shape index (κ3) is 1.72. The number of allylic oxidation sites excluding steroid dienone is 2. The maximum absolute atomic E-state index is 8.96. The highest BCUT2D eigenvalue weighted by Crippen LogP contribution is 2.51. The predicted octanol–water partition coefficient (Wildman–Crippen LogP) is 3.81. The Labute approximate surface area is 114 Å². The van der Waals surface area contributed by atoms with Crippen LogP contribution >= 0.6 is 0 Å². The van der Waals surface area contributed by atoms with Gasteiger partial charge in [0.15, 0.2) is 0 Å². The molecule has 0 saturated carbocycles. The Morgan fingerprint density at radius 1 is 1.47 bits per heavy atom. The van der Waals surface area contributed by atoms with Gasteiger partial charge in [-0.25, -0.2) is 4.98 Å². The lowest BCUT2D eigenvalue weighted by Crippen LogP contribution is -2.38. The summed E-state index contributed by atoms with van der Waals surface area (Å²) in [5.41, 5.74) is 12.9. The van der Waals surface area contributed by atoms with Crippen molar-refractivity contribution in [3.63, 3.8) is 0 Å². The Morgan fingerprint density at radius 2 is 2.26 bits per heavy atom. The number of pyridine rings is 1. The van der Waals surface area contributed by atoms with E-state index in [9.17, 15) is 0 Å². The molecule has 1 heterocycles. The second-order valence-corrected chi connectivity index (χ2v) is 5.50. The van der Waals surface area contributed by atoms with Crippen LogP contribution in [0.5, 0.6) is 5.88 Å². The molecule has 0 amide bonds. The van der Waals surface area contributed by atoms with Crippen LogP contribution in [0.1, 0.15) is 31.5 Å². The van der Waals surface area contributed by atoms with E-state index in [1.165, 1.54) is 11.1 Å². The summed E-state index contributed by atoms with van der Waals surface area (Å²) in [6.07, 6.45) is 6.06. The molecule has 0 spiro atoms. The van der Waals surface area contributed by atoms with Crippen LogP contribution in [0.2, 0.25) is 0 Å². The second kappa shape index (κ2) is 4.20. The van der Waals surface area contributed by atoms with Gasteiger partial charge in [0.25, 0.3) is 0 Å². The lowest BCUT2D eigenvalue weighted by molar-refractivity contribution is 0.390. The van der Waals surface area contributed by atoms with Gasteiger partial charge < -0.3 is 10.5 Å². The molecule has 2 bridgehead atoms. The Hall–Kier alpha value is -1.61. The van der Waals surface area contributed by atoms with E-state index >= 15 is 0 Å². The highest BCUT2D eigenvalue weighted by atomic mass is 16.5. The summed E-state index contributed by atoms with van der Waals surface area (Å²) in [6, 6.07) is 3.89. The fourth-order valence-electron chi connectivity index (χ4n) is 3.56. The summed E-state index contributed by atoms with van der Waals surface area (Å²) in [7, 11) is 1.64. The summed E-state index contributed by atoms with van der Waals surface area (Å²) >= 11 is 0. The molecule has 2 atom stereocenters. The zero-order chi connectivity index (χ0) is 13.6. The third-order valence-electron chi connectivity index (χ3n) is 4.26. The molecule has 100 valence electrons. The van der Waals surface area contributed by atoms with E-state index in [1.54, 1.807) is 7.11 Å². The predicted molar refractivity (Wildman–Crippen MR) is 76.1 cm³/mol. The minimum Gasteiger partial charge on any atom is -0.664 e. The number of aromatic nitrogens is 1. The van der Waals surface area contributed by atoms with Gasteiger partial charge in [0.2, 0.25) is 5.88 Å². The Balaban J connectivity index is 2.20. The van der Waals surface area contributed by atoms with Crippen molar-refractivity contribution in [2.45, 2.75) is 32.2 Å². The topological polar surface area (TPSA) is 45.9 Å². The minimum absolute atomic E-state index is 0.323. The van der Waals surface area contributed by atoms with Gasteiger partial charge in [-0.1, -0.05) is 34.9 Å². The molecule has 19 heavy (non-hydrogen) atoms. The van der Waals surface area contributed by atoms with Crippen LogP contribution in [0, 0.1) is 5.92 Å². The van der Waals surface area contributed by atoms with Crippen LogP contribution in [0.15, 0.2) is 35.4 Å². The lowest BCUT2D eigenvalue weighted by atomic mass is 9.63. The molecule has 0 saturated heterocycles. The molecular weight excluding hydrogens is 236 g/mol. The number of nitrogens with zero attached hydrogens (tertiary/aromatic N) is 1. The summed E-state index contributed by atoms with van der Waals surface area (Å²) in [4.78, 5) is 4.55. The maximum atomic E-state index is 8.96. The normalized spacial score (nSPS) is 30.8. The number of rotatable bonds is 1. The molecule has 0 aliphatic heterocycles. The van der Waals surface area contributed by atoms with Crippen molar-refractivity contribution >= 4 is 0 Å². The van der Waals surface area contributed by atoms with Crippen LogP contribution in [0.4, 0.5) is 0 Å². The van der Waals surface area contributed by atoms with Gasteiger partial charge in [0.05, 0.1) is 7.11 Å². The average Bonchev–Trinajstić information content (AvgIpc) is 2.37. The Morgan fingerprint density at radius 3 is 2.95 bits per heavy atom. The van der Waals surface area contributed by atoms with Crippen LogP contribution in [-0.2, 0) is 12.0 Å². The molecule has 1 aromatic heterocycles. The number of ether oxygens (including phenoxy) is 1. The van der Waals surface area contributed by atoms with Gasteiger partial charge in [-0.05, 0) is 25.8 Å². The molecule has 2 aliphatic carbocycles. The van der Waals surface area contributed by atoms with Crippen molar-refractivity contribution < 1.29 is 4.74 Å². The molecular formula is C16H19N2O-. The highest BCUT2D eigenvalue weighted by molar-refractivity contribution is 5.52. The van der Waals surface area contributed by atoms with Crippen LogP contribution in [0.3, 0.4) is 0 Å². The van der Waals surface area contributed by atoms with E-state index in [4.69, 9.17) is 10.5 Å². The maximum Gasteiger partial charge on any atom is 0.213 e. The molecule has 2 aliphatic rings. The third-order valence-corrected chi connectivity index (χ3v) is 4.26. The molecule has 1 N–H and O–H groups in total. The Kier molecular flexibility index (Phi) is 2.75. The van der Waals surface area contributed by atoms with E-state index < -0.39 is 5.54 Å². The molecule has 1 unspecified atom stereocenters. The first kappa shape index (κ1) is 12.4. The van der Waals surface area contributed by atoms with Gasteiger partial charge in [-0.15, -0.1) is 0 Å². The summed E-state index contributed by atoms with van der Waals surface area (Å²) < 4.78 is 5.21. The number of fused-ring (bicyclic) bond motifs is 4. The monoisotopic (exact) mass is 255 g/mol. The van der Waals surface area contributed by atoms with E-state index in [2.05, 4.69) is 24.1 Å². The van der Waals surface area contributed by atoms with Crippen molar-refractivity contribution in [3.05, 3.63) is 52.4 Å². The summed E-state index contributed by atoms with van der Waals surface area (Å²) in [5, 5.41) is 0. The van der Waals surface area contributed by atoms with Gasteiger partial charge in [0, 0.05) is 24.1 Å². The molecule has 1 aromatic rings. The first-order valence-electron chi connectivity index (χ1n) is 6.72. The standard InChI is InChI=1S/C16H19N2O/c1-4-12-11-7-10(2)9-16(12,17)13-5-6-15(19-3)18-14(13)8-11/h4-7,11,17H,8-9H2,1-3H3/q-1/b12-4+/t11?,16-/m1/s1. The first-order chi connectivity index (χ1) is 9.08. The zero-order valence-electron chi connectivity index (χ0n) is 11.7. The molecule has 0 radical (unpaired) electrons. The van der Waals surface area contributed by atoms with Crippen LogP contribution in [-0.4, -0.2) is 12.1 Å². The Bertz CT molecular complexity index is 588. The van der Waals surface area contributed by atoms with Crippen molar-refractivity contribution in [1.82, 2.24) is 4.98 Å². The van der Waals surface area contributed by atoms with Crippen molar-refractivity contribution in [1.29, 1.82) is 0 Å². The zero-order valence-corrected chi connectivity index (χ0v) is 11.7. The molecule has 3 rings (SSSR count). The van der Waals surface area contributed by atoms with E-state index in [1.807, 2.05) is 19.1 Å². The number of hydrogen-bond acceptors (Lipinski definition) is 2. The molecule has 3 heteroatoms. The van der Waals surface area contributed by atoms with Gasteiger partial charge >= 0.3 is 0 Å². The number of methoxy groups -OCH3 is 1. The van der Waals surface area contributed by atoms with Gasteiger partial charge in [-0.2, -0.15) is 0 Å². The molecule has 0 aromatic carbocycles. The first-order valence-corrected chi connectivity index (χ1v) is 6.72. The van der Waals surface area contributed by atoms with Crippen LogP contribution < -0.4 is 4.74 Å². The second-order valence-electron chi connectivity index (χ2n) is 5.50. The molecule has 0 fully saturated rings. The average molecular weight is 255 g/mol. The van der Waals surface area contributed by atoms with Gasteiger partial charge in [0.1, 0.15) is 0 Å². The quantitative estimate of drug-likeness (QED) is 0.716. The summed E-state index contributed by atoms with van der Waals surface area (Å²) in [5.74, 6) is 0.966. The van der Waals surface area contributed by atoms with Crippen LogP contribution in [0.25, 0.3) is 5.73 Å². The minimum atomic E-state index is -0.634. The van der Waals surface area contributed by atoms with Crippen molar-refractivity contribution in [3.8, 4) is 5.88 Å². The van der Waals surface area contributed by atoms with Crippen molar-refractivity contribution in [2.24, 2.45) is 5.92 Å². The van der Waals surface area contributed by atoms with Gasteiger partial charge in [-0.3, -0.25) is 0 Å². The van der Waals surface area contributed by atoms with Crippen molar-refractivity contribution in [2.75, 3.05) is 7.11 Å². The highest BCUT2D eigenvalue weighted by Gasteiger charge is 2.38. The fourth-order valence-corrected chi connectivity index (χ4v) is 3.56. The fraction of sp³-hybridized carbons (Fsp3) is 0.438.